The van der Waals surface area contributed by atoms with E-state index >= 15 is 0 Å². The summed E-state index contributed by atoms with van der Waals surface area (Å²) in [6.07, 6.45) is 2.31. The van der Waals surface area contributed by atoms with Crippen LogP contribution in [0.25, 0.3) is 0 Å². The molecule has 0 amide bonds. The molecule has 3 nitrogen and oxygen atoms in total. The van der Waals surface area contributed by atoms with Gasteiger partial charge < -0.3 is 4.74 Å². The Balaban J connectivity index is 1.93. The molecule has 19 heavy (non-hydrogen) atoms. The van der Waals surface area contributed by atoms with Gasteiger partial charge in [0.05, 0.1) is 18.2 Å². The molecule has 1 heterocycles. The van der Waals surface area contributed by atoms with Crippen LogP contribution >= 0.6 is 11.6 Å². The molecule has 0 saturated carbocycles. The molecule has 1 atom stereocenters. The van der Waals surface area contributed by atoms with Crippen molar-refractivity contribution in [2.24, 2.45) is 5.92 Å². The van der Waals surface area contributed by atoms with Gasteiger partial charge in [0, 0.05) is 19.2 Å². The van der Waals surface area contributed by atoms with Crippen LogP contribution in [0, 0.1) is 5.92 Å². The monoisotopic (exact) mass is 281 g/mol. The zero-order valence-electron chi connectivity index (χ0n) is 11.3. The summed E-state index contributed by atoms with van der Waals surface area (Å²) in [6, 6.07) is 7.25. The van der Waals surface area contributed by atoms with Crippen LogP contribution in [-0.4, -0.2) is 44.0 Å². The van der Waals surface area contributed by atoms with E-state index in [9.17, 15) is 4.79 Å². The second-order valence-electron chi connectivity index (χ2n) is 5.10. The molecular formula is C15H20ClNO2. The summed E-state index contributed by atoms with van der Waals surface area (Å²) in [4.78, 5) is 14.4. The minimum absolute atomic E-state index is 0.101. The lowest BCUT2D eigenvalue weighted by Gasteiger charge is -2.31. The van der Waals surface area contributed by atoms with Gasteiger partial charge in [-0.05, 0) is 37.4 Å². The van der Waals surface area contributed by atoms with Crippen molar-refractivity contribution in [1.29, 1.82) is 0 Å². The van der Waals surface area contributed by atoms with E-state index in [1.807, 2.05) is 12.1 Å². The van der Waals surface area contributed by atoms with Crippen molar-refractivity contribution in [3.05, 3.63) is 34.9 Å². The van der Waals surface area contributed by atoms with Crippen LogP contribution in [0.4, 0.5) is 0 Å². The number of methoxy groups -OCH3 is 1. The highest BCUT2D eigenvalue weighted by Crippen LogP contribution is 2.19. The Kier molecular flexibility index (Phi) is 5.37. The van der Waals surface area contributed by atoms with E-state index in [-0.39, 0.29) is 5.78 Å². The normalized spacial score (nSPS) is 20.4. The predicted molar refractivity (Wildman–Crippen MR) is 76.8 cm³/mol. The molecule has 0 radical (unpaired) electrons. The summed E-state index contributed by atoms with van der Waals surface area (Å²) in [5.74, 6) is 0.640. The lowest BCUT2D eigenvalue weighted by atomic mass is 9.98. The van der Waals surface area contributed by atoms with E-state index in [0.717, 1.165) is 26.1 Å². The molecular weight excluding hydrogens is 262 g/mol. The van der Waals surface area contributed by atoms with Gasteiger partial charge in [0.1, 0.15) is 0 Å². The van der Waals surface area contributed by atoms with E-state index in [1.54, 1.807) is 19.2 Å². The molecule has 1 aromatic rings. The molecule has 1 aliphatic heterocycles. The van der Waals surface area contributed by atoms with Crippen LogP contribution < -0.4 is 0 Å². The third kappa shape index (κ3) is 4.03. The number of ketones is 1. The van der Waals surface area contributed by atoms with Gasteiger partial charge in [0.2, 0.25) is 0 Å². The molecule has 0 N–H and O–H groups in total. The highest BCUT2D eigenvalue weighted by Gasteiger charge is 2.22. The lowest BCUT2D eigenvalue weighted by molar-refractivity contribution is 0.0758. The van der Waals surface area contributed by atoms with Crippen LogP contribution in [0.1, 0.15) is 23.2 Å². The molecule has 0 bridgehead atoms. The quantitative estimate of drug-likeness (QED) is 0.777. The zero-order chi connectivity index (χ0) is 13.7. The van der Waals surface area contributed by atoms with Crippen LogP contribution in [0.5, 0.6) is 0 Å². The molecule has 0 aliphatic carbocycles. The number of hydrogen-bond donors (Lipinski definition) is 0. The fourth-order valence-corrected chi connectivity index (χ4v) is 2.88. The third-order valence-electron chi connectivity index (χ3n) is 3.55. The summed E-state index contributed by atoms with van der Waals surface area (Å²) in [5.41, 5.74) is 0.623. The Morgan fingerprint density at radius 2 is 2.26 bits per heavy atom. The van der Waals surface area contributed by atoms with Gasteiger partial charge in [-0.3, -0.25) is 9.69 Å². The zero-order valence-corrected chi connectivity index (χ0v) is 12.0. The molecule has 1 aromatic carbocycles. The van der Waals surface area contributed by atoms with Gasteiger partial charge >= 0.3 is 0 Å². The molecule has 0 aromatic heterocycles. The van der Waals surface area contributed by atoms with Gasteiger partial charge in [-0.1, -0.05) is 23.7 Å². The lowest BCUT2D eigenvalue weighted by Crippen LogP contribution is -2.40. The molecule has 1 unspecified atom stereocenters. The number of nitrogens with zero attached hydrogens (tertiary/aromatic N) is 1. The fraction of sp³-hybridized carbons (Fsp3) is 0.533. The number of ether oxygens (including phenoxy) is 1. The smallest absolute Gasteiger partial charge is 0.178 e. The highest BCUT2D eigenvalue weighted by molar-refractivity contribution is 6.34. The Bertz CT molecular complexity index is 434. The molecule has 4 heteroatoms. The molecule has 0 spiro atoms. The Morgan fingerprint density at radius 1 is 1.47 bits per heavy atom. The Labute approximate surface area is 119 Å². The average molecular weight is 282 g/mol. The van der Waals surface area contributed by atoms with E-state index in [0.29, 0.717) is 23.0 Å². The second kappa shape index (κ2) is 7.04. The van der Waals surface area contributed by atoms with Crippen LogP contribution in [0.2, 0.25) is 5.02 Å². The maximum Gasteiger partial charge on any atom is 0.178 e. The van der Waals surface area contributed by atoms with E-state index in [4.69, 9.17) is 16.3 Å². The number of carbonyl (C=O) groups excluding carboxylic acids is 1. The number of rotatable bonds is 5. The number of halogens is 1. The fourth-order valence-electron chi connectivity index (χ4n) is 2.64. The molecule has 1 saturated heterocycles. The summed E-state index contributed by atoms with van der Waals surface area (Å²) in [7, 11) is 1.73. The predicted octanol–water partition coefficient (Wildman–Crippen LogP) is 2.88. The van der Waals surface area contributed by atoms with Gasteiger partial charge in [0.25, 0.3) is 0 Å². The number of piperidine rings is 1. The van der Waals surface area contributed by atoms with Crippen LogP contribution in [-0.2, 0) is 4.74 Å². The van der Waals surface area contributed by atoms with Crippen molar-refractivity contribution in [2.45, 2.75) is 12.8 Å². The Morgan fingerprint density at radius 3 is 3.00 bits per heavy atom. The van der Waals surface area contributed by atoms with Crippen molar-refractivity contribution in [1.82, 2.24) is 4.90 Å². The number of hydrogen-bond acceptors (Lipinski definition) is 3. The Hall–Kier alpha value is -0.900. The minimum Gasteiger partial charge on any atom is -0.384 e. The highest BCUT2D eigenvalue weighted by atomic mass is 35.5. The van der Waals surface area contributed by atoms with E-state index in [2.05, 4.69) is 4.90 Å². The van der Waals surface area contributed by atoms with Crippen LogP contribution in [0.15, 0.2) is 24.3 Å². The van der Waals surface area contributed by atoms with Gasteiger partial charge in [-0.2, -0.15) is 0 Å². The first-order valence-corrected chi connectivity index (χ1v) is 7.07. The van der Waals surface area contributed by atoms with Crippen molar-refractivity contribution < 1.29 is 9.53 Å². The van der Waals surface area contributed by atoms with E-state index in [1.165, 1.54) is 6.42 Å². The SMILES string of the molecule is COCC1CCCN(CC(=O)c2ccccc2Cl)C1. The number of benzene rings is 1. The first-order valence-electron chi connectivity index (χ1n) is 6.69. The molecule has 2 rings (SSSR count). The summed E-state index contributed by atoms with van der Waals surface area (Å²) in [6.45, 7) is 3.14. The number of Topliss-reactive ketones (excluding diaryl/α,β-unsaturated/α-hetero) is 1. The number of carbonyl (C=O) groups is 1. The first kappa shape index (κ1) is 14.5. The first-order chi connectivity index (χ1) is 9.20. The van der Waals surface area contributed by atoms with Gasteiger partial charge in [-0.15, -0.1) is 0 Å². The topological polar surface area (TPSA) is 29.5 Å². The molecule has 104 valence electrons. The standard InChI is InChI=1S/C15H20ClNO2/c1-19-11-12-5-4-8-17(9-12)10-15(18)13-6-2-3-7-14(13)16/h2-3,6-7,12H,4-5,8-11H2,1H3. The van der Waals surface area contributed by atoms with Gasteiger partial charge in [0.15, 0.2) is 5.78 Å². The summed E-state index contributed by atoms with van der Waals surface area (Å²) in [5, 5.41) is 0.540. The van der Waals surface area contributed by atoms with Crippen molar-refractivity contribution >= 4 is 17.4 Å². The largest absolute Gasteiger partial charge is 0.384 e. The van der Waals surface area contributed by atoms with Crippen molar-refractivity contribution in [3.63, 3.8) is 0 Å². The molecule has 1 fully saturated rings. The third-order valence-corrected chi connectivity index (χ3v) is 3.88. The van der Waals surface area contributed by atoms with E-state index < -0.39 is 0 Å². The maximum atomic E-state index is 12.2. The van der Waals surface area contributed by atoms with Crippen molar-refractivity contribution in [2.75, 3.05) is 33.4 Å². The van der Waals surface area contributed by atoms with Gasteiger partial charge in [-0.25, -0.2) is 0 Å². The maximum absolute atomic E-state index is 12.2. The molecule has 1 aliphatic rings. The van der Waals surface area contributed by atoms with Crippen molar-refractivity contribution in [3.8, 4) is 0 Å². The summed E-state index contributed by atoms with van der Waals surface area (Å²) < 4.78 is 5.21. The number of likely N-dealkylation sites (tertiary alicyclic amines) is 1. The van der Waals surface area contributed by atoms with Crippen LogP contribution in [0.3, 0.4) is 0 Å². The second-order valence-corrected chi connectivity index (χ2v) is 5.51. The average Bonchev–Trinajstić information content (AvgIpc) is 2.40. The minimum atomic E-state index is 0.101. The summed E-state index contributed by atoms with van der Waals surface area (Å²) >= 11 is 6.06.